The van der Waals surface area contributed by atoms with Gasteiger partial charge in [-0.15, -0.1) is 0 Å². The van der Waals surface area contributed by atoms with Crippen molar-refractivity contribution in [1.82, 2.24) is 0 Å². The van der Waals surface area contributed by atoms with E-state index in [1.165, 1.54) is 430 Å². The molecule has 0 heterocycles. The van der Waals surface area contributed by atoms with Crippen LogP contribution in [0.25, 0.3) is 0 Å². The van der Waals surface area contributed by atoms with Crippen LogP contribution in [0, 0.1) is 0 Å². The summed E-state index contributed by atoms with van der Waals surface area (Å²) in [4.78, 5) is 37.8. The third-order valence-corrected chi connectivity index (χ3v) is 21.1. The fourth-order valence-electron chi connectivity index (χ4n) is 14.3. The number of esters is 2. The standard InChI is InChI=1S/C89H175NO8/c1-6-8-10-12-14-16-18-20-22-24-26-28-30-32-34-36-38-40-41-42-43-44-45-46-48-50-52-54-56-58-60-62-64-66-68-70-72-74-76-78-80-87(92)98-85(84-97-89(88(93)94)95-82-81-90(3,4)5)83-96-86(91)79-77-75-73-71-69-67-65-63-61-59-57-55-53-51-49-47-39-37-35-33-31-29-27-25-23-21-19-17-15-13-11-9-7-2/h85,89H,6-84H2,1-5H3/p+1. The van der Waals surface area contributed by atoms with E-state index in [0.29, 0.717) is 17.4 Å². The van der Waals surface area contributed by atoms with Gasteiger partial charge in [0.15, 0.2) is 6.10 Å². The molecule has 0 amide bonds. The number of likely N-dealkylation sites (N-methyl/N-ethyl adjacent to an activating group) is 1. The van der Waals surface area contributed by atoms with Crippen LogP contribution in [0.2, 0.25) is 0 Å². The summed E-state index contributed by atoms with van der Waals surface area (Å²) in [5.74, 6) is -1.96. The number of carboxylic acids is 1. The zero-order chi connectivity index (χ0) is 71.1. The molecule has 0 aromatic heterocycles. The van der Waals surface area contributed by atoms with Gasteiger partial charge in [-0.05, 0) is 12.8 Å². The second kappa shape index (κ2) is 81.0. The molecule has 0 bridgehead atoms. The maximum absolute atomic E-state index is 13.0. The van der Waals surface area contributed by atoms with Crippen LogP contribution in [0.4, 0.5) is 0 Å². The van der Waals surface area contributed by atoms with Gasteiger partial charge in [-0.2, -0.15) is 0 Å². The molecule has 0 aliphatic rings. The van der Waals surface area contributed by atoms with Crippen molar-refractivity contribution in [2.75, 3.05) is 47.5 Å². The van der Waals surface area contributed by atoms with E-state index in [1.807, 2.05) is 21.1 Å². The first-order valence-corrected chi connectivity index (χ1v) is 44.7. The summed E-state index contributed by atoms with van der Waals surface area (Å²) in [5.41, 5.74) is 0. The van der Waals surface area contributed by atoms with Crippen LogP contribution in [0.3, 0.4) is 0 Å². The summed E-state index contributed by atoms with van der Waals surface area (Å²) >= 11 is 0. The number of carbonyl (C=O) groups is 3. The molecule has 0 aromatic carbocycles. The van der Waals surface area contributed by atoms with Crippen LogP contribution < -0.4 is 0 Å². The number of rotatable bonds is 86. The second-order valence-corrected chi connectivity index (χ2v) is 32.3. The molecule has 0 saturated carbocycles. The third kappa shape index (κ3) is 81.6. The Labute approximate surface area is 613 Å². The van der Waals surface area contributed by atoms with Gasteiger partial charge in [0.25, 0.3) is 6.29 Å². The number of unbranched alkanes of at least 4 members (excludes halogenated alkanes) is 71. The minimum Gasteiger partial charge on any atom is -0.477 e. The van der Waals surface area contributed by atoms with Crippen LogP contribution >= 0.6 is 0 Å². The number of quaternary nitrogens is 1. The van der Waals surface area contributed by atoms with Gasteiger partial charge in [0, 0.05) is 12.8 Å². The van der Waals surface area contributed by atoms with Crippen LogP contribution in [-0.4, -0.2) is 87.4 Å². The van der Waals surface area contributed by atoms with E-state index < -0.39 is 18.4 Å². The lowest BCUT2D eigenvalue weighted by Gasteiger charge is -2.25. The molecule has 584 valence electrons. The van der Waals surface area contributed by atoms with E-state index in [2.05, 4.69) is 13.8 Å². The van der Waals surface area contributed by atoms with Gasteiger partial charge in [-0.3, -0.25) is 9.59 Å². The summed E-state index contributed by atoms with van der Waals surface area (Å²) in [6.45, 7) is 4.99. The number of carboxylic acid groups (broad SMARTS) is 1. The molecular weight excluding hydrogens is 1210 g/mol. The zero-order valence-corrected chi connectivity index (χ0v) is 67.3. The molecule has 2 atom stereocenters. The van der Waals surface area contributed by atoms with Crippen molar-refractivity contribution in [3.05, 3.63) is 0 Å². The van der Waals surface area contributed by atoms with Crippen molar-refractivity contribution < 1.29 is 42.9 Å². The molecule has 0 aliphatic heterocycles. The molecule has 0 radical (unpaired) electrons. The van der Waals surface area contributed by atoms with Crippen LogP contribution in [0.1, 0.15) is 495 Å². The smallest absolute Gasteiger partial charge is 0.361 e. The Bertz CT molecular complexity index is 1570. The topological polar surface area (TPSA) is 108 Å². The Kier molecular flexibility index (Phi) is 79.6. The molecule has 98 heavy (non-hydrogen) atoms. The average molecular weight is 1390 g/mol. The normalized spacial score (nSPS) is 12.5. The van der Waals surface area contributed by atoms with Gasteiger partial charge < -0.3 is 28.5 Å². The van der Waals surface area contributed by atoms with Crippen LogP contribution in [0.15, 0.2) is 0 Å². The highest BCUT2D eigenvalue weighted by Gasteiger charge is 2.25. The van der Waals surface area contributed by atoms with Crippen molar-refractivity contribution in [2.45, 2.75) is 508 Å². The molecule has 0 fully saturated rings. The van der Waals surface area contributed by atoms with Crippen LogP contribution in [-0.2, 0) is 33.3 Å². The number of aliphatic carboxylic acids is 1. The maximum atomic E-state index is 13.0. The summed E-state index contributed by atoms with van der Waals surface area (Å²) in [5, 5.41) is 9.79. The Morgan fingerprint density at radius 1 is 0.265 bits per heavy atom. The summed E-state index contributed by atoms with van der Waals surface area (Å²) in [7, 11) is 6.01. The molecule has 0 aliphatic carbocycles. The molecule has 0 rings (SSSR count). The first-order chi connectivity index (χ1) is 48.1. The molecule has 0 aromatic rings. The quantitative estimate of drug-likeness (QED) is 0.0278. The summed E-state index contributed by atoms with van der Waals surface area (Å²) in [6.07, 6.45) is 98.9. The van der Waals surface area contributed by atoms with E-state index in [-0.39, 0.29) is 38.2 Å². The molecule has 9 heteroatoms. The second-order valence-electron chi connectivity index (χ2n) is 32.3. The van der Waals surface area contributed by atoms with Gasteiger partial charge in [-0.1, -0.05) is 470 Å². The molecule has 1 N–H and O–H groups in total. The lowest BCUT2D eigenvalue weighted by molar-refractivity contribution is -0.870. The first-order valence-electron chi connectivity index (χ1n) is 44.7. The Morgan fingerprint density at radius 2 is 0.459 bits per heavy atom. The maximum Gasteiger partial charge on any atom is 0.361 e. The van der Waals surface area contributed by atoms with E-state index in [1.54, 1.807) is 0 Å². The van der Waals surface area contributed by atoms with Crippen molar-refractivity contribution in [3.8, 4) is 0 Å². The van der Waals surface area contributed by atoms with E-state index in [0.717, 1.165) is 38.5 Å². The summed E-state index contributed by atoms with van der Waals surface area (Å²) in [6, 6.07) is 0. The lowest BCUT2D eigenvalue weighted by atomic mass is 10.0. The largest absolute Gasteiger partial charge is 0.477 e. The monoisotopic (exact) mass is 1390 g/mol. The Morgan fingerprint density at radius 3 is 0.653 bits per heavy atom. The average Bonchev–Trinajstić information content (AvgIpc) is 1.34. The number of hydrogen-bond donors (Lipinski definition) is 1. The SMILES string of the molecule is CCCCCCCCCCCCCCCCCCCCCCCCCCCCCCCCCCCCCCCCCCC(=O)OC(COC(=O)CCCCCCCCCCCCCCCCCCCCCCCCCCCCCCCCCCC)COC(OCC[N+](C)(C)C)C(=O)O. The molecule has 0 saturated heterocycles. The highest BCUT2D eigenvalue weighted by molar-refractivity contribution is 5.71. The minimum atomic E-state index is -1.51. The zero-order valence-electron chi connectivity index (χ0n) is 67.3. The lowest BCUT2D eigenvalue weighted by Crippen LogP contribution is -2.40. The highest BCUT2D eigenvalue weighted by Crippen LogP contribution is 2.22. The van der Waals surface area contributed by atoms with Crippen molar-refractivity contribution in [1.29, 1.82) is 0 Å². The third-order valence-electron chi connectivity index (χ3n) is 21.1. The number of ether oxygens (including phenoxy) is 4. The van der Waals surface area contributed by atoms with E-state index in [9.17, 15) is 19.5 Å². The minimum absolute atomic E-state index is 0.171. The molecule has 2 unspecified atom stereocenters. The summed E-state index contributed by atoms with van der Waals surface area (Å²) < 4.78 is 23.1. The number of carbonyl (C=O) groups excluding carboxylic acids is 2. The van der Waals surface area contributed by atoms with Gasteiger partial charge in [0.1, 0.15) is 13.2 Å². The predicted molar refractivity (Wildman–Crippen MR) is 425 cm³/mol. The Balaban J connectivity index is 3.87. The first kappa shape index (κ1) is 96.3. The molecule has 0 spiro atoms. The highest BCUT2D eigenvalue weighted by atomic mass is 16.7. The molecular formula is C89H176NO8+. The number of hydrogen-bond acceptors (Lipinski definition) is 7. The van der Waals surface area contributed by atoms with Gasteiger partial charge >= 0.3 is 17.9 Å². The van der Waals surface area contributed by atoms with Crippen molar-refractivity contribution in [3.63, 3.8) is 0 Å². The fraction of sp³-hybridized carbons (Fsp3) is 0.966. The molecule has 9 nitrogen and oxygen atoms in total. The van der Waals surface area contributed by atoms with Crippen molar-refractivity contribution in [2.24, 2.45) is 0 Å². The predicted octanol–water partition coefficient (Wildman–Crippen LogP) is 28.9. The van der Waals surface area contributed by atoms with Crippen molar-refractivity contribution >= 4 is 17.9 Å². The van der Waals surface area contributed by atoms with Crippen LogP contribution in [0.5, 0.6) is 0 Å². The number of nitrogens with zero attached hydrogens (tertiary/aromatic N) is 1. The van der Waals surface area contributed by atoms with Gasteiger partial charge in [0.05, 0.1) is 34.4 Å². The Hall–Kier alpha value is -1.71. The van der Waals surface area contributed by atoms with Gasteiger partial charge in [-0.25, -0.2) is 4.79 Å². The van der Waals surface area contributed by atoms with E-state index in [4.69, 9.17) is 18.9 Å². The van der Waals surface area contributed by atoms with Gasteiger partial charge in [0.2, 0.25) is 0 Å². The fourth-order valence-corrected chi connectivity index (χ4v) is 14.3. The van der Waals surface area contributed by atoms with E-state index >= 15 is 0 Å².